The van der Waals surface area contributed by atoms with Crippen LogP contribution in [0.1, 0.15) is 40.0 Å². The van der Waals surface area contributed by atoms with E-state index in [1.165, 1.54) is 19.3 Å². The van der Waals surface area contributed by atoms with Crippen LogP contribution in [-0.2, 0) is 9.47 Å². The molecule has 2 nitrogen and oxygen atoms in total. The molecule has 2 fully saturated rings. The molecule has 0 aromatic heterocycles. The van der Waals surface area contributed by atoms with Crippen LogP contribution in [0, 0.1) is 17.8 Å². The van der Waals surface area contributed by atoms with E-state index in [1.807, 2.05) is 0 Å². The maximum absolute atomic E-state index is 6.03. The zero-order valence-corrected chi connectivity index (χ0v) is 10.2. The van der Waals surface area contributed by atoms with Crippen molar-refractivity contribution in [1.29, 1.82) is 0 Å². The van der Waals surface area contributed by atoms with E-state index in [0.717, 1.165) is 31.0 Å². The number of hydrogen-bond donors (Lipinski definition) is 0. The SMILES string of the molecule is CC1CC[C@@H](C(C)C)C(OCC2CO2)C1. The minimum atomic E-state index is 0.412. The van der Waals surface area contributed by atoms with Crippen LogP contribution >= 0.6 is 0 Å². The summed E-state index contributed by atoms with van der Waals surface area (Å²) in [5, 5.41) is 0. The molecule has 2 aliphatic rings. The summed E-state index contributed by atoms with van der Waals surface area (Å²) in [7, 11) is 0. The first-order valence-corrected chi connectivity index (χ1v) is 6.40. The molecule has 0 aromatic rings. The van der Waals surface area contributed by atoms with Crippen LogP contribution in [0.25, 0.3) is 0 Å². The molecule has 88 valence electrons. The molecule has 1 aliphatic heterocycles. The van der Waals surface area contributed by atoms with Crippen LogP contribution in [0.5, 0.6) is 0 Å². The molecule has 1 aliphatic carbocycles. The van der Waals surface area contributed by atoms with Gasteiger partial charge in [0.15, 0.2) is 0 Å². The van der Waals surface area contributed by atoms with Gasteiger partial charge in [-0.25, -0.2) is 0 Å². The van der Waals surface area contributed by atoms with Crippen LogP contribution in [0.2, 0.25) is 0 Å². The van der Waals surface area contributed by atoms with Gasteiger partial charge in [0.2, 0.25) is 0 Å². The number of ether oxygens (including phenoxy) is 2. The molecule has 0 bridgehead atoms. The van der Waals surface area contributed by atoms with Crippen LogP contribution in [0.3, 0.4) is 0 Å². The topological polar surface area (TPSA) is 21.8 Å². The molecule has 0 spiro atoms. The molecule has 1 heterocycles. The summed E-state index contributed by atoms with van der Waals surface area (Å²) in [6, 6.07) is 0. The Hall–Kier alpha value is -0.0800. The number of rotatable bonds is 4. The maximum atomic E-state index is 6.03. The highest BCUT2D eigenvalue weighted by molar-refractivity contribution is 4.82. The Morgan fingerprint density at radius 1 is 1.33 bits per heavy atom. The van der Waals surface area contributed by atoms with Crippen molar-refractivity contribution in [3.8, 4) is 0 Å². The second-order valence-electron chi connectivity index (χ2n) is 5.65. The Morgan fingerprint density at radius 3 is 2.67 bits per heavy atom. The van der Waals surface area contributed by atoms with Gasteiger partial charge in [0.25, 0.3) is 0 Å². The third kappa shape index (κ3) is 3.18. The van der Waals surface area contributed by atoms with E-state index in [2.05, 4.69) is 20.8 Å². The van der Waals surface area contributed by atoms with E-state index < -0.39 is 0 Å². The highest BCUT2D eigenvalue weighted by Crippen LogP contribution is 2.35. The molecule has 0 aromatic carbocycles. The van der Waals surface area contributed by atoms with Crippen molar-refractivity contribution in [2.75, 3.05) is 13.2 Å². The summed E-state index contributed by atoms with van der Waals surface area (Å²) in [5.74, 6) is 2.35. The van der Waals surface area contributed by atoms with Gasteiger partial charge in [0, 0.05) is 0 Å². The third-order valence-electron chi connectivity index (χ3n) is 3.86. The summed E-state index contributed by atoms with van der Waals surface area (Å²) in [5.41, 5.74) is 0. The Balaban J connectivity index is 1.83. The molecule has 2 rings (SSSR count). The zero-order chi connectivity index (χ0) is 10.8. The van der Waals surface area contributed by atoms with Gasteiger partial charge in [-0.1, -0.05) is 27.2 Å². The quantitative estimate of drug-likeness (QED) is 0.668. The molecule has 15 heavy (non-hydrogen) atoms. The van der Waals surface area contributed by atoms with Crippen molar-refractivity contribution in [2.45, 2.75) is 52.2 Å². The van der Waals surface area contributed by atoms with E-state index in [9.17, 15) is 0 Å². The van der Waals surface area contributed by atoms with E-state index in [4.69, 9.17) is 9.47 Å². The molecule has 3 unspecified atom stereocenters. The van der Waals surface area contributed by atoms with Gasteiger partial charge < -0.3 is 9.47 Å². The Labute approximate surface area is 93.3 Å². The first kappa shape index (κ1) is 11.4. The van der Waals surface area contributed by atoms with Gasteiger partial charge in [0.05, 0.1) is 19.3 Å². The van der Waals surface area contributed by atoms with Crippen molar-refractivity contribution in [1.82, 2.24) is 0 Å². The van der Waals surface area contributed by atoms with Gasteiger partial charge in [-0.05, 0) is 30.6 Å². The summed E-state index contributed by atoms with van der Waals surface area (Å²) in [6.07, 6.45) is 4.86. The third-order valence-corrected chi connectivity index (χ3v) is 3.86. The fourth-order valence-corrected chi connectivity index (χ4v) is 2.70. The Bertz CT molecular complexity index is 199. The summed E-state index contributed by atoms with van der Waals surface area (Å²) < 4.78 is 11.2. The highest BCUT2D eigenvalue weighted by atomic mass is 16.6. The predicted molar refractivity (Wildman–Crippen MR) is 60.8 cm³/mol. The van der Waals surface area contributed by atoms with Crippen LogP contribution < -0.4 is 0 Å². The van der Waals surface area contributed by atoms with Gasteiger partial charge in [-0.2, -0.15) is 0 Å². The zero-order valence-electron chi connectivity index (χ0n) is 10.2. The normalized spacial score (nSPS) is 40.8. The minimum absolute atomic E-state index is 0.412. The smallest absolute Gasteiger partial charge is 0.104 e. The van der Waals surface area contributed by atoms with E-state index >= 15 is 0 Å². The molecule has 4 atom stereocenters. The first-order valence-electron chi connectivity index (χ1n) is 6.40. The van der Waals surface area contributed by atoms with E-state index in [0.29, 0.717) is 12.2 Å². The lowest BCUT2D eigenvalue weighted by Gasteiger charge is -2.37. The Morgan fingerprint density at radius 2 is 2.07 bits per heavy atom. The molecule has 0 radical (unpaired) electrons. The monoisotopic (exact) mass is 212 g/mol. The van der Waals surface area contributed by atoms with Crippen molar-refractivity contribution in [3.05, 3.63) is 0 Å². The highest BCUT2D eigenvalue weighted by Gasteiger charge is 2.33. The van der Waals surface area contributed by atoms with Crippen LogP contribution in [0.15, 0.2) is 0 Å². The Kier molecular flexibility index (Phi) is 3.68. The second kappa shape index (κ2) is 4.84. The molecule has 0 N–H and O–H groups in total. The summed E-state index contributed by atoms with van der Waals surface area (Å²) in [4.78, 5) is 0. The number of hydrogen-bond acceptors (Lipinski definition) is 2. The van der Waals surface area contributed by atoms with E-state index in [-0.39, 0.29) is 0 Å². The molecule has 0 amide bonds. The standard InChI is InChI=1S/C13H24O2/c1-9(2)12-5-4-10(3)6-13(12)15-8-11-7-14-11/h9-13H,4-8H2,1-3H3/t10?,11?,12-,13?/m0/s1. The fourth-order valence-electron chi connectivity index (χ4n) is 2.70. The summed E-state index contributed by atoms with van der Waals surface area (Å²) in [6.45, 7) is 8.73. The van der Waals surface area contributed by atoms with Crippen molar-refractivity contribution < 1.29 is 9.47 Å². The molecular weight excluding hydrogens is 188 g/mol. The van der Waals surface area contributed by atoms with Crippen LogP contribution in [-0.4, -0.2) is 25.4 Å². The predicted octanol–water partition coefficient (Wildman–Crippen LogP) is 2.86. The second-order valence-corrected chi connectivity index (χ2v) is 5.65. The lowest BCUT2D eigenvalue weighted by atomic mass is 9.75. The van der Waals surface area contributed by atoms with Crippen molar-refractivity contribution >= 4 is 0 Å². The fraction of sp³-hybridized carbons (Fsp3) is 1.00. The summed E-state index contributed by atoms with van der Waals surface area (Å²) >= 11 is 0. The van der Waals surface area contributed by atoms with Gasteiger partial charge in [0.1, 0.15) is 6.10 Å². The average Bonchev–Trinajstić information content (AvgIpc) is 2.97. The van der Waals surface area contributed by atoms with Gasteiger partial charge in [-0.15, -0.1) is 0 Å². The number of epoxide rings is 1. The lowest BCUT2D eigenvalue weighted by Crippen LogP contribution is -2.35. The van der Waals surface area contributed by atoms with E-state index in [1.54, 1.807) is 0 Å². The first-order chi connectivity index (χ1) is 7.16. The molecule has 1 saturated heterocycles. The molecular formula is C13H24O2. The van der Waals surface area contributed by atoms with Crippen LogP contribution in [0.4, 0.5) is 0 Å². The van der Waals surface area contributed by atoms with Crippen molar-refractivity contribution in [2.24, 2.45) is 17.8 Å². The minimum Gasteiger partial charge on any atom is -0.375 e. The molecule has 1 saturated carbocycles. The average molecular weight is 212 g/mol. The van der Waals surface area contributed by atoms with Gasteiger partial charge in [-0.3, -0.25) is 0 Å². The van der Waals surface area contributed by atoms with Gasteiger partial charge >= 0.3 is 0 Å². The maximum Gasteiger partial charge on any atom is 0.104 e. The van der Waals surface area contributed by atoms with Crippen molar-refractivity contribution in [3.63, 3.8) is 0 Å². The molecule has 2 heteroatoms. The lowest BCUT2D eigenvalue weighted by molar-refractivity contribution is -0.0430. The largest absolute Gasteiger partial charge is 0.375 e.